The molecule has 1 aromatic heterocycles. The monoisotopic (exact) mass is 301 g/mol. The maximum Gasteiger partial charge on any atom is 0.417 e. The maximum atomic E-state index is 12.8. The highest BCUT2D eigenvalue weighted by Crippen LogP contribution is 2.38. The van der Waals surface area contributed by atoms with Crippen LogP contribution in [0.3, 0.4) is 0 Å². The zero-order valence-corrected chi connectivity index (χ0v) is 10.1. The van der Waals surface area contributed by atoms with Gasteiger partial charge in [0.25, 0.3) is 0 Å². The predicted molar refractivity (Wildman–Crippen MR) is 62.4 cm³/mol. The summed E-state index contributed by atoms with van der Waals surface area (Å²) in [7, 11) is 0. The molecule has 0 aliphatic carbocycles. The van der Waals surface area contributed by atoms with Crippen molar-refractivity contribution in [1.29, 1.82) is 0 Å². The molecule has 0 saturated carbocycles. The molecule has 0 bridgehead atoms. The minimum absolute atomic E-state index is 0.0764. The van der Waals surface area contributed by atoms with Crippen LogP contribution in [0.4, 0.5) is 13.2 Å². The molecule has 1 heterocycles. The standard InChI is InChI=1S/C12H7BrF3N/c13-10-6-3-7-17-11(10)8-4-1-2-5-9(8)12(14,15)16/h1-7H. The minimum atomic E-state index is -4.38. The van der Waals surface area contributed by atoms with E-state index in [0.29, 0.717) is 10.2 Å². The van der Waals surface area contributed by atoms with Crippen molar-refractivity contribution in [3.05, 3.63) is 52.6 Å². The maximum absolute atomic E-state index is 12.8. The molecule has 17 heavy (non-hydrogen) atoms. The van der Waals surface area contributed by atoms with E-state index in [1.165, 1.54) is 18.3 Å². The second kappa shape index (κ2) is 4.49. The van der Waals surface area contributed by atoms with E-state index < -0.39 is 11.7 Å². The van der Waals surface area contributed by atoms with Gasteiger partial charge in [-0.3, -0.25) is 4.98 Å². The van der Waals surface area contributed by atoms with E-state index in [1.807, 2.05) is 0 Å². The molecule has 5 heteroatoms. The Kier molecular flexibility index (Phi) is 3.19. The minimum Gasteiger partial charge on any atom is -0.255 e. The van der Waals surface area contributed by atoms with Gasteiger partial charge >= 0.3 is 6.18 Å². The quantitative estimate of drug-likeness (QED) is 0.754. The molecule has 0 fully saturated rings. The largest absolute Gasteiger partial charge is 0.417 e. The Hall–Kier alpha value is -1.36. The van der Waals surface area contributed by atoms with Gasteiger partial charge in [-0.25, -0.2) is 0 Å². The van der Waals surface area contributed by atoms with E-state index in [9.17, 15) is 13.2 Å². The Morgan fingerprint density at radius 3 is 2.35 bits per heavy atom. The molecule has 0 saturated heterocycles. The summed E-state index contributed by atoms with van der Waals surface area (Å²) in [6.45, 7) is 0. The van der Waals surface area contributed by atoms with Gasteiger partial charge in [0.1, 0.15) is 0 Å². The fraction of sp³-hybridized carbons (Fsp3) is 0.0833. The number of alkyl halides is 3. The van der Waals surface area contributed by atoms with Crippen LogP contribution in [0.5, 0.6) is 0 Å². The van der Waals surface area contributed by atoms with Gasteiger partial charge in [-0.05, 0) is 34.1 Å². The van der Waals surface area contributed by atoms with Gasteiger partial charge in [0.2, 0.25) is 0 Å². The zero-order valence-electron chi connectivity index (χ0n) is 8.50. The Labute approximate surface area is 104 Å². The van der Waals surface area contributed by atoms with Crippen LogP contribution < -0.4 is 0 Å². The van der Waals surface area contributed by atoms with Crippen LogP contribution in [0.2, 0.25) is 0 Å². The summed E-state index contributed by atoms with van der Waals surface area (Å²) in [6, 6.07) is 8.71. The van der Waals surface area contributed by atoms with Crippen LogP contribution >= 0.6 is 15.9 Å². The lowest BCUT2D eigenvalue weighted by atomic mass is 10.0. The summed E-state index contributed by atoms with van der Waals surface area (Å²) >= 11 is 3.20. The van der Waals surface area contributed by atoms with Gasteiger partial charge in [0.05, 0.1) is 11.3 Å². The first-order valence-electron chi connectivity index (χ1n) is 4.77. The molecule has 1 nitrogen and oxygen atoms in total. The Morgan fingerprint density at radius 2 is 1.71 bits per heavy atom. The molecule has 2 rings (SSSR count). The van der Waals surface area contributed by atoms with Crippen molar-refractivity contribution >= 4 is 15.9 Å². The van der Waals surface area contributed by atoms with Crippen molar-refractivity contribution in [2.75, 3.05) is 0 Å². The second-order valence-electron chi connectivity index (χ2n) is 3.38. The smallest absolute Gasteiger partial charge is 0.255 e. The molecular formula is C12H7BrF3N. The van der Waals surface area contributed by atoms with Gasteiger partial charge < -0.3 is 0 Å². The van der Waals surface area contributed by atoms with Gasteiger partial charge in [-0.15, -0.1) is 0 Å². The lowest BCUT2D eigenvalue weighted by Gasteiger charge is -2.12. The van der Waals surface area contributed by atoms with Gasteiger partial charge in [0.15, 0.2) is 0 Å². The lowest BCUT2D eigenvalue weighted by Crippen LogP contribution is -2.07. The van der Waals surface area contributed by atoms with Crippen LogP contribution in [0.15, 0.2) is 47.1 Å². The highest BCUT2D eigenvalue weighted by atomic mass is 79.9. The first kappa shape index (κ1) is 12.1. The van der Waals surface area contributed by atoms with Gasteiger partial charge in [-0.2, -0.15) is 13.2 Å². The number of nitrogens with zero attached hydrogens (tertiary/aromatic N) is 1. The number of pyridine rings is 1. The molecule has 0 atom stereocenters. The average molecular weight is 302 g/mol. The van der Waals surface area contributed by atoms with Crippen molar-refractivity contribution in [3.8, 4) is 11.3 Å². The number of benzene rings is 1. The molecule has 0 aliphatic heterocycles. The first-order chi connectivity index (χ1) is 8.00. The molecule has 2 aromatic rings. The summed E-state index contributed by atoms with van der Waals surface area (Å²) in [5, 5.41) is 0. The van der Waals surface area contributed by atoms with E-state index in [1.54, 1.807) is 18.2 Å². The molecular weight excluding hydrogens is 295 g/mol. The molecule has 0 N–H and O–H groups in total. The molecule has 1 aromatic carbocycles. The Balaban J connectivity index is 2.65. The molecule has 0 amide bonds. The normalized spacial score (nSPS) is 11.5. The third-order valence-electron chi connectivity index (χ3n) is 2.25. The summed E-state index contributed by atoms with van der Waals surface area (Å²) in [5.41, 5.74) is -0.313. The lowest BCUT2D eigenvalue weighted by molar-refractivity contribution is -0.137. The van der Waals surface area contributed by atoms with E-state index in [0.717, 1.165) is 6.07 Å². The van der Waals surface area contributed by atoms with Crippen molar-refractivity contribution in [1.82, 2.24) is 4.98 Å². The first-order valence-corrected chi connectivity index (χ1v) is 5.56. The third kappa shape index (κ3) is 2.49. The second-order valence-corrected chi connectivity index (χ2v) is 4.23. The third-order valence-corrected chi connectivity index (χ3v) is 2.89. The predicted octanol–water partition coefficient (Wildman–Crippen LogP) is 4.53. The topological polar surface area (TPSA) is 12.9 Å². The highest BCUT2D eigenvalue weighted by molar-refractivity contribution is 9.10. The van der Waals surface area contributed by atoms with Crippen LogP contribution in [-0.2, 0) is 6.18 Å². The fourth-order valence-electron chi connectivity index (χ4n) is 1.52. The van der Waals surface area contributed by atoms with Crippen LogP contribution in [0.25, 0.3) is 11.3 Å². The molecule has 88 valence electrons. The summed E-state index contributed by atoms with van der Waals surface area (Å²) < 4.78 is 39.0. The van der Waals surface area contributed by atoms with E-state index >= 15 is 0 Å². The number of hydrogen-bond donors (Lipinski definition) is 0. The van der Waals surface area contributed by atoms with E-state index in [4.69, 9.17) is 0 Å². The highest BCUT2D eigenvalue weighted by Gasteiger charge is 2.33. The Bertz CT molecular complexity index is 537. The van der Waals surface area contributed by atoms with Crippen molar-refractivity contribution in [2.45, 2.75) is 6.18 Å². The number of hydrogen-bond acceptors (Lipinski definition) is 1. The number of aromatic nitrogens is 1. The molecule has 0 aliphatic rings. The molecule has 0 unspecified atom stereocenters. The average Bonchev–Trinajstić information content (AvgIpc) is 2.28. The van der Waals surface area contributed by atoms with Crippen LogP contribution in [-0.4, -0.2) is 4.98 Å². The van der Waals surface area contributed by atoms with E-state index in [2.05, 4.69) is 20.9 Å². The van der Waals surface area contributed by atoms with Crippen LogP contribution in [0, 0.1) is 0 Å². The molecule has 0 spiro atoms. The summed E-state index contributed by atoms with van der Waals surface area (Å²) in [4.78, 5) is 3.98. The Morgan fingerprint density at radius 1 is 1.00 bits per heavy atom. The molecule has 0 radical (unpaired) electrons. The van der Waals surface area contributed by atoms with Crippen molar-refractivity contribution in [3.63, 3.8) is 0 Å². The summed E-state index contributed by atoms with van der Waals surface area (Å²) in [6.07, 6.45) is -2.92. The van der Waals surface area contributed by atoms with Crippen molar-refractivity contribution in [2.24, 2.45) is 0 Å². The number of halogens is 4. The number of rotatable bonds is 1. The van der Waals surface area contributed by atoms with Crippen LogP contribution in [0.1, 0.15) is 5.56 Å². The zero-order chi connectivity index (χ0) is 12.5. The fourth-order valence-corrected chi connectivity index (χ4v) is 1.99. The van der Waals surface area contributed by atoms with Gasteiger partial charge in [0, 0.05) is 16.2 Å². The summed E-state index contributed by atoms with van der Waals surface area (Å²) in [5.74, 6) is 0. The SMILES string of the molecule is FC(F)(F)c1ccccc1-c1ncccc1Br. The van der Waals surface area contributed by atoms with Crippen molar-refractivity contribution < 1.29 is 13.2 Å². The van der Waals surface area contributed by atoms with E-state index in [-0.39, 0.29) is 5.56 Å². The van der Waals surface area contributed by atoms with Gasteiger partial charge in [-0.1, -0.05) is 18.2 Å².